The molecule has 0 unspecified atom stereocenters. The Kier molecular flexibility index (Phi) is 3.14. The Morgan fingerprint density at radius 1 is 1.39 bits per heavy atom. The maximum Gasteiger partial charge on any atom is 0.325 e. The smallest absolute Gasteiger partial charge is 0.324 e. The molecular formula is C12H12BrFN2O2. The average molecular weight is 315 g/mol. The molecule has 96 valence electrons. The van der Waals surface area contributed by atoms with Crippen LogP contribution in [0.15, 0.2) is 22.7 Å². The summed E-state index contributed by atoms with van der Waals surface area (Å²) in [6.07, 6.45) is 0. The monoisotopic (exact) mass is 314 g/mol. The van der Waals surface area contributed by atoms with E-state index in [9.17, 15) is 14.0 Å². The molecule has 3 amide bonds. The van der Waals surface area contributed by atoms with E-state index in [4.69, 9.17) is 0 Å². The second kappa shape index (κ2) is 4.35. The van der Waals surface area contributed by atoms with Gasteiger partial charge in [0.15, 0.2) is 0 Å². The lowest BCUT2D eigenvalue weighted by Gasteiger charge is -2.16. The standard InChI is InChI=1S/C12H12BrFN2O2/c1-12(2)10(17)16(11(18)15-12)6-7-5-8(13)3-4-9(7)14/h3-5H,6H2,1-2H3,(H,15,18). The molecule has 0 radical (unpaired) electrons. The Morgan fingerprint density at radius 2 is 2.06 bits per heavy atom. The van der Waals surface area contributed by atoms with Crippen molar-refractivity contribution in [1.82, 2.24) is 10.2 Å². The van der Waals surface area contributed by atoms with Crippen LogP contribution in [0.3, 0.4) is 0 Å². The van der Waals surface area contributed by atoms with Crippen molar-refractivity contribution in [3.05, 3.63) is 34.1 Å². The molecule has 2 rings (SSSR count). The van der Waals surface area contributed by atoms with Crippen LogP contribution < -0.4 is 5.32 Å². The molecule has 0 bridgehead atoms. The van der Waals surface area contributed by atoms with E-state index in [1.54, 1.807) is 26.0 Å². The second-order valence-corrected chi connectivity index (χ2v) is 5.60. The summed E-state index contributed by atoms with van der Waals surface area (Å²) < 4.78 is 14.3. The highest BCUT2D eigenvalue weighted by Crippen LogP contribution is 2.22. The molecule has 1 aromatic carbocycles. The van der Waals surface area contributed by atoms with Crippen LogP contribution in [-0.4, -0.2) is 22.4 Å². The number of halogens is 2. The van der Waals surface area contributed by atoms with Gasteiger partial charge in [-0.2, -0.15) is 0 Å². The fraction of sp³-hybridized carbons (Fsp3) is 0.333. The third-order valence-corrected chi connectivity index (χ3v) is 3.27. The highest BCUT2D eigenvalue weighted by Gasteiger charge is 2.44. The minimum atomic E-state index is -0.931. The van der Waals surface area contributed by atoms with Gasteiger partial charge in [-0.25, -0.2) is 9.18 Å². The molecule has 0 aliphatic carbocycles. The lowest BCUT2D eigenvalue weighted by Crippen LogP contribution is -2.40. The normalized spacial score (nSPS) is 18.1. The summed E-state index contributed by atoms with van der Waals surface area (Å²) in [7, 11) is 0. The largest absolute Gasteiger partial charge is 0.325 e. The number of nitrogens with one attached hydrogen (secondary N) is 1. The van der Waals surface area contributed by atoms with Crippen molar-refractivity contribution >= 4 is 27.9 Å². The van der Waals surface area contributed by atoms with E-state index in [1.165, 1.54) is 6.07 Å². The zero-order valence-corrected chi connectivity index (χ0v) is 11.5. The van der Waals surface area contributed by atoms with Crippen LogP contribution in [0.25, 0.3) is 0 Å². The van der Waals surface area contributed by atoms with Crippen LogP contribution in [0.4, 0.5) is 9.18 Å². The van der Waals surface area contributed by atoms with Gasteiger partial charge in [-0.15, -0.1) is 0 Å². The van der Waals surface area contributed by atoms with E-state index in [2.05, 4.69) is 21.2 Å². The summed E-state index contributed by atoms with van der Waals surface area (Å²) in [5.74, 6) is -0.796. The summed E-state index contributed by atoms with van der Waals surface area (Å²) in [4.78, 5) is 24.6. The first kappa shape index (κ1) is 13.0. The molecule has 0 spiro atoms. The molecule has 1 saturated heterocycles. The van der Waals surface area contributed by atoms with Gasteiger partial charge in [0.1, 0.15) is 11.4 Å². The molecular weight excluding hydrogens is 303 g/mol. The van der Waals surface area contributed by atoms with Gasteiger partial charge in [-0.3, -0.25) is 9.69 Å². The summed E-state index contributed by atoms with van der Waals surface area (Å²) in [6, 6.07) is 3.92. The van der Waals surface area contributed by atoms with Gasteiger partial charge in [0, 0.05) is 10.0 Å². The number of urea groups is 1. The first-order valence-corrected chi connectivity index (χ1v) is 6.18. The quantitative estimate of drug-likeness (QED) is 0.852. The van der Waals surface area contributed by atoms with Gasteiger partial charge in [0.25, 0.3) is 5.91 Å². The number of hydrogen-bond donors (Lipinski definition) is 1. The zero-order valence-electron chi connectivity index (χ0n) is 9.96. The molecule has 1 fully saturated rings. The highest BCUT2D eigenvalue weighted by molar-refractivity contribution is 9.10. The van der Waals surface area contributed by atoms with Crippen molar-refractivity contribution in [1.29, 1.82) is 0 Å². The van der Waals surface area contributed by atoms with Gasteiger partial charge in [-0.05, 0) is 32.0 Å². The minimum Gasteiger partial charge on any atom is -0.324 e. The number of benzene rings is 1. The highest BCUT2D eigenvalue weighted by atomic mass is 79.9. The Bertz CT molecular complexity index is 531. The maximum absolute atomic E-state index is 13.6. The maximum atomic E-state index is 13.6. The summed E-state index contributed by atoms with van der Waals surface area (Å²) >= 11 is 3.23. The van der Waals surface area contributed by atoms with E-state index in [0.717, 1.165) is 4.90 Å². The predicted octanol–water partition coefficient (Wildman–Crippen LogP) is 2.42. The molecule has 1 aromatic rings. The lowest BCUT2D eigenvalue weighted by atomic mass is 10.1. The van der Waals surface area contributed by atoms with Crippen LogP contribution in [0, 0.1) is 5.82 Å². The van der Waals surface area contributed by atoms with Crippen molar-refractivity contribution in [2.24, 2.45) is 0 Å². The van der Waals surface area contributed by atoms with Crippen molar-refractivity contribution in [2.75, 3.05) is 0 Å². The molecule has 6 heteroatoms. The summed E-state index contributed by atoms with van der Waals surface area (Å²) in [5.41, 5.74) is -0.634. The number of imide groups is 1. The van der Waals surface area contributed by atoms with E-state index >= 15 is 0 Å². The molecule has 1 N–H and O–H groups in total. The van der Waals surface area contributed by atoms with E-state index < -0.39 is 17.4 Å². The molecule has 4 nitrogen and oxygen atoms in total. The number of hydrogen-bond acceptors (Lipinski definition) is 2. The van der Waals surface area contributed by atoms with Gasteiger partial charge >= 0.3 is 6.03 Å². The number of rotatable bonds is 2. The Morgan fingerprint density at radius 3 is 2.61 bits per heavy atom. The number of carbonyl (C=O) groups excluding carboxylic acids is 2. The third-order valence-electron chi connectivity index (χ3n) is 2.78. The van der Waals surface area contributed by atoms with Gasteiger partial charge in [0.05, 0.1) is 6.54 Å². The fourth-order valence-corrected chi connectivity index (χ4v) is 2.20. The van der Waals surface area contributed by atoms with Gasteiger partial charge < -0.3 is 5.32 Å². The average Bonchev–Trinajstić information content (AvgIpc) is 2.46. The van der Waals surface area contributed by atoms with E-state index in [1.807, 2.05) is 0 Å². The van der Waals surface area contributed by atoms with E-state index in [0.29, 0.717) is 10.0 Å². The first-order chi connectivity index (χ1) is 8.31. The van der Waals surface area contributed by atoms with E-state index in [-0.39, 0.29) is 12.5 Å². The van der Waals surface area contributed by atoms with Gasteiger partial charge in [-0.1, -0.05) is 15.9 Å². The lowest BCUT2D eigenvalue weighted by molar-refractivity contribution is -0.130. The van der Waals surface area contributed by atoms with Crippen molar-refractivity contribution < 1.29 is 14.0 Å². The number of nitrogens with zero attached hydrogens (tertiary/aromatic N) is 1. The van der Waals surface area contributed by atoms with Crippen LogP contribution >= 0.6 is 15.9 Å². The molecule has 1 aliphatic heterocycles. The summed E-state index contributed by atoms with van der Waals surface area (Å²) in [6.45, 7) is 3.16. The molecule has 1 heterocycles. The SMILES string of the molecule is CC1(C)NC(=O)N(Cc2cc(Br)ccc2F)C1=O. The van der Waals surface area contributed by atoms with Crippen LogP contribution in [0.1, 0.15) is 19.4 Å². The fourth-order valence-electron chi connectivity index (χ4n) is 1.80. The Balaban J connectivity index is 2.27. The molecule has 0 saturated carbocycles. The topological polar surface area (TPSA) is 49.4 Å². The van der Waals surface area contributed by atoms with Crippen molar-refractivity contribution in [3.8, 4) is 0 Å². The van der Waals surface area contributed by atoms with Crippen LogP contribution in [-0.2, 0) is 11.3 Å². The first-order valence-electron chi connectivity index (χ1n) is 5.39. The molecule has 18 heavy (non-hydrogen) atoms. The van der Waals surface area contributed by atoms with Crippen molar-refractivity contribution in [2.45, 2.75) is 25.9 Å². The number of amides is 3. The summed E-state index contributed by atoms with van der Waals surface area (Å²) in [5, 5.41) is 2.55. The zero-order chi connectivity index (χ0) is 13.5. The van der Waals surface area contributed by atoms with Crippen LogP contribution in [0.2, 0.25) is 0 Å². The third kappa shape index (κ3) is 2.25. The van der Waals surface area contributed by atoms with Gasteiger partial charge in [0.2, 0.25) is 0 Å². The Hall–Kier alpha value is -1.43. The van der Waals surface area contributed by atoms with Crippen LogP contribution in [0.5, 0.6) is 0 Å². The van der Waals surface area contributed by atoms with Crippen molar-refractivity contribution in [3.63, 3.8) is 0 Å². The Labute approximate surface area is 112 Å². The molecule has 0 aromatic heterocycles. The predicted molar refractivity (Wildman–Crippen MR) is 67.3 cm³/mol. The second-order valence-electron chi connectivity index (χ2n) is 4.68. The number of carbonyl (C=O) groups is 2. The molecule has 1 aliphatic rings. The minimum absolute atomic E-state index is 0.0701. The molecule has 0 atom stereocenters.